The van der Waals surface area contributed by atoms with Crippen molar-refractivity contribution in [2.24, 2.45) is 0 Å². The number of benzene rings is 1. The van der Waals surface area contributed by atoms with E-state index in [1.54, 1.807) is 40.0 Å². The summed E-state index contributed by atoms with van der Waals surface area (Å²) in [4.78, 5) is 14.4. The third-order valence-electron chi connectivity index (χ3n) is 4.58. The molecule has 2 aromatic heterocycles. The number of ether oxygens (including phenoxy) is 1. The van der Waals surface area contributed by atoms with Crippen LogP contribution in [0.2, 0.25) is 0 Å². The number of carbonyl (C=O) groups excluding carboxylic acids is 1. The fraction of sp³-hybridized carbons (Fsp3) is 0.300. The molecule has 6 nitrogen and oxygen atoms in total. The summed E-state index contributed by atoms with van der Waals surface area (Å²) in [6.07, 6.45) is 4.91. The zero-order valence-electron chi connectivity index (χ0n) is 14.8. The number of aromatic nitrogens is 2. The summed E-state index contributed by atoms with van der Waals surface area (Å²) in [5.74, 6) is 1.11. The lowest BCUT2D eigenvalue weighted by Crippen LogP contribution is -2.41. The third kappa shape index (κ3) is 4.19. The van der Waals surface area contributed by atoms with Gasteiger partial charge in [-0.1, -0.05) is 6.07 Å². The van der Waals surface area contributed by atoms with E-state index in [0.717, 1.165) is 0 Å². The maximum Gasteiger partial charge on any atom is 0.289 e. The summed E-state index contributed by atoms with van der Waals surface area (Å²) in [7, 11) is 0. The topological polar surface area (TPSA) is 60.5 Å². The molecule has 0 atom stereocenters. The van der Waals surface area contributed by atoms with E-state index < -0.39 is 0 Å². The van der Waals surface area contributed by atoms with Crippen molar-refractivity contribution in [3.8, 4) is 5.75 Å². The number of likely N-dealkylation sites (tertiary alicyclic amines) is 1. The Hall–Kier alpha value is -3.09. The van der Waals surface area contributed by atoms with Crippen LogP contribution in [0, 0.1) is 5.82 Å². The molecule has 0 spiro atoms. The second kappa shape index (κ2) is 7.65. The SMILES string of the molecule is O=C(c1ccc(Cn2cccn2)o1)N1CCC(Oc2cccc(F)c2)CC1. The fourth-order valence-electron chi connectivity index (χ4n) is 3.20. The summed E-state index contributed by atoms with van der Waals surface area (Å²) >= 11 is 0. The van der Waals surface area contributed by atoms with E-state index in [1.807, 2.05) is 12.3 Å². The summed E-state index contributed by atoms with van der Waals surface area (Å²) in [6.45, 7) is 1.64. The van der Waals surface area contributed by atoms with Gasteiger partial charge in [0.05, 0.1) is 6.54 Å². The predicted octanol–water partition coefficient (Wildman–Crippen LogP) is 3.35. The quantitative estimate of drug-likeness (QED) is 0.692. The first-order valence-electron chi connectivity index (χ1n) is 8.95. The second-order valence-corrected chi connectivity index (χ2v) is 6.54. The molecular weight excluding hydrogens is 349 g/mol. The molecule has 140 valence electrons. The highest BCUT2D eigenvalue weighted by atomic mass is 19.1. The summed E-state index contributed by atoms with van der Waals surface area (Å²) < 4.78 is 26.5. The summed E-state index contributed by atoms with van der Waals surface area (Å²) in [5, 5.41) is 4.13. The van der Waals surface area contributed by atoms with Gasteiger partial charge in [0.2, 0.25) is 0 Å². The van der Waals surface area contributed by atoms with Gasteiger partial charge in [-0.15, -0.1) is 0 Å². The van der Waals surface area contributed by atoms with Gasteiger partial charge in [-0.05, 0) is 30.3 Å². The molecule has 0 bridgehead atoms. The van der Waals surface area contributed by atoms with Crippen molar-refractivity contribution in [2.75, 3.05) is 13.1 Å². The van der Waals surface area contributed by atoms with Gasteiger partial charge in [0.25, 0.3) is 5.91 Å². The van der Waals surface area contributed by atoms with Gasteiger partial charge in [0.1, 0.15) is 23.4 Å². The molecule has 0 saturated carbocycles. The molecule has 1 aliphatic rings. The molecule has 3 heterocycles. The normalized spacial score (nSPS) is 15.1. The first kappa shape index (κ1) is 17.3. The molecule has 1 saturated heterocycles. The highest BCUT2D eigenvalue weighted by Gasteiger charge is 2.26. The van der Waals surface area contributed by atoms with Crippen LogP contribution in [0.15, 0.2) is 59.3 Å². The average molecular weight is 369 g/mol. The van der Waals surface area contributed by atoms with Crippen LogP contribution >= 0.6 is 0 Å². The number of hydrogen-bond acceptors (Lipinski definition) is 4. The summed E-state index contributed by atoms with van der Waals surface area (Å²) in [6, 6.07) is 11.5. The Kier molecular flexibility index (Phi) is 4.91. The number of rotatable bonds is 5. The van der Waals surface area contributed by atoms with E-state index >= 15 is 0 Å². The Balaban J connectivity index is 1.31. The molecular formula is C20H20FN3O3. The van der Waals surface area contributed by atoms with E-state index in [0.29, 0.717) is 49.7 Å². The van der Waals surface area contributed by atoms with Gasteiger partial charge in [0.15, 0.2) is 5.76 Å². The monoisotopic (exact) mass is 369 g/mol. The lowest BCUT2D eigenvalue weighted by molar-refractivity contribution is 0.0564. The fourth-order valence-corrected chi connectivity index (χ4v) is 3.20. The lowest BCUT2D eigenvalue weighted by atomic mass is 10.1. The zero-order chi connectivity index (χ0) is 18.6. The molecule has 1 aromatic carbocycles. The van der Waals surface area contributed by atoms with Crippen LogP contribution in [-0.4, -0.2) is 39.8 Å². The molecule has 27 heavy (non-hydrogen) atoms. The number of halogens is 1. The average Bonchev–Trinajstić information content (AvgIpc) is 3.34. The minimum absolute atomic E-state index is 0.0252. The van der Waals surface area contributed by atoms with Crippen LogP contribution in [0.3, 0.4) is 0 Å². The maximum atomic E-state index is 13.2. The molecule has 1 aliphatic heterocycles. The molecule has 0 aliphatic carbocycles. The Bertz CT molecular complexity index is 899. The molecule has 1 amide bonds. The molecule has 0 radical (unpaired) electrons. The molecule has 3 aromatic rings. The number of furan rings is 1. The molecule has 0 N–H and O–H groups in total. The van der Waals surface area contributed by atoms with E-state index in [-0.39, 0.29) is 17.8 Å². The standard InChI is InChI=1S/C20H20FN3O3/c21-15-3-1-4-17(13-15)26-16-7-11-23(12-8-16)20(25)19-6-5-18(27-19)14-24-10-2-9-22-24/h1-6,9-10,13,16H,7-8,11-12,14H2. The maximum absolute atomic E-state index is 13.2. The molecule has 4 rings (SSSR count). The minimum atomic E-state index is -0.316. The van der Waals surface area contributed by atoms with Crippen LogP contribution < -0.4 is 4.74 Å². The number of nitrogens with zero attached hydrogens (tertiary/aromatic N) is 3. The van der Waals surface area contributed by atoms with Gasteiger partial charge >= 0.3 is 0 Å². The van der Waals surface area contributed by atoms with Gasteiger partial charge < -0.3 is 14.1 Å². The predicted molar refractivity (Wildman–Crippen MR) is 96.0 cm³/mol. The third-order valence-corrected chi connectivity index (χ3v) is 4.58. The van der Waals surface area contributed by atoms with E-state index in [9.17, 15) is 9.18 Å². The van der Waals surface area contributed by atoms with Gasteiger partial charge in [-0.25, -0.2) is 4.39 Å². The van der Waals surface area contributed by atoms with Crippen molar-refractivity contribution in [3.05, 3.63) is 72.2 Å². The van der Waals surface area contributed by atoms with Crippen LogP contribution in [0.25, 0.3) is 0 Å². The first-order chi connectivity index (χ1) is 13.2. The van der Waals surface area contributed by atoms with Crippen molar-refractivity contribution in [3.63, 3.8) is 0 Å². The Labute approximate surface area is 156 Å². The van der Waals surface area contributed by atoms with Crippen LogP contribution in [0.4, 0.5) is 4.39 Å². The highest BCUT2D eigenvalue weighted by molar-refractivity contribution is 5.91. The van der Waals surface area contributed by atoms with Crippen molar-refractivity contribution >= 4 is 5.91 Å². The molecule has 0 unspecified atom stereocenters. The second-order valence-electron chi connectivity index (χ2n) is 6.54. The molecule has 7 heteroatoms. The molecule has 1 fully saturated rings. The van der Waals surface area contributed by atoms with Crippen LogP contribution in [0.5, 0.6) is 5.75 Å². The Morgan fingerprint density at radius 1 is 1.22 bits per heavy atom. The smallest absolute Gasteiger partial charge is 0.289 e. The number of hydrogen-bond donors (Lipinski definition) is 0. The van der Waals surface area contributed by atoms with Crippen LogP contribution in [0.1, 0.15) is 29.2 Å². The first-order valence-corrected chi connectivity index (χ1v) is 8.95. The summed E-state index contributed by atoms with van der Waals surface area (Å²) in [5.41, 5.74) is 0. The Morgan fingerprint density at radius 2 is 2.07 bits per heavy atom. The van der Waals surface area contributed by atoms with Gasteiger partial charge in [-0.2, -0.15) is 5.10 Å². The van der Waals surface area contributed by atoms with E-state index in [4.69, 9.17) is 9.15 Å². The van der Waals surface area contributed by atoms with Crippen molar-refractivity contribution in [1.29, 1.82) is 0 Å². The minimum Gasteiger partial charge on any atom is -0.490 e. The van der Waals surface area contributed by atoms with Crippen molar-refractivity contribution in [1.82, 2.24) is 14.7 Å². The van der Waals surface area contributed by atoms with Gasteiger partial charge in [0, 0.05) is 44.4 Å². The number of piperidine rings is 1. The lowest BCUT2D eigenvalue weighted by Gasteiger charge is -2.31. The van der Waals surface area contributed by atoms with E-state index in [2.05, 4.69) is 5.10 Å². The zero-order valence-corrected chi connectivity index (χ0v) is 14.8. The largest absolute Gasteiger partial charge is 0.490 e. The van der Waals surface area contributed by atoms with Crippen molar-refractivity contribution < 1.29 is 18.3 Å². The highest BCUT2D eigenvalue weighted by Crippen LogP contribution is 2.21. The van der Waals surface area contributed by atoms with Crippen LogP contribution in [-0.2, 0) is 6.54 Å². The van der Waals surface area contributed by atoms with E-state index in [1.165, 1.54) is 12.1 Å². The Morgan fingerprint density at radius 3 is 2.81 bits per heavy atom. The number of carbonyl (C=O) groups is 1. The van der Waals surface area contributed by atoms with Crippen molar-refractivity contribution in [2.45, 2.75) is 25.5 Å². The van der Waals surface area contributed by atoms with Gasteiger partial charge in [-0.3, -0.25) is 9.48 Å². The number of amides is 1.